The highest BCUT2D eigenvalue weighted by Gasteiger charge is 2.34. The maximum Gasteiger partial charge on any atom is 0.333 e. The maximum atomic E-state index is 11.4. The van der Waals surface area contributed by atoms with Crippen LogP contribution in [-0.4, -0.2) is 48.7 Å². The van der Waals surface area contributed by atoms with E-state index in [4.69, 9.17) is 9.11 Å². The number of hydrogen-bond acceptors (Lipinski definition) is 8. The van der Waals surface area contributed by atoms with E-state index in [9.17, 15) is 31.2 Å². The molecular formula is C10H14O10S2. The largest absolute Gasteiger partial charge is 0.462 e. The van der Waals surface area contributed by atoms with Crippen molar-refractivity contribution in [1.29, 1.82) is 0 Å². The minimum absolute atomic E-state index is 0.0201. The van der Waals surface area contributed by atoms with Crippen molar-refractivity contribution in [2.45, 2.75) is 19.8 Å². The molecular weight excluding hydrogens is 344 g/mol. The van der Waals surface area contributed by atoms with E-state index < -0.39 is 61.8 Å². The molecule has 0 rings (SSSR count). The van der Waals surface area contributed by atoms with Crippen LogP contribution in [0.4, 0.5) is 0 Å². The summed E-state index contributed by atoms with van der Waals surface area (Å²) < 4.78 is 64.5. The van der Waals surface area contributed by atoms with Crippen molar-refractivity contribution in [3.05, 3.63) is 12.2 Å². The Labute approximate surface area is 126 Å². The van der Waals surface area contributed by atoms with Gasteiger partial charge in [-0.1, -0.05) is 6.58 Å². The summed E-state index contributed by atoms with van der Waals surface area (Å²) >= 11 is 0. The summed E-state index contributed by atoms with van der Waals surface area (Å²) in [5.74, 6) is -2.65. The molecule has 1 atom stereocenters. The Morgan fingerprint density at radius 3 is 1.95 bits per heavy atom. The van der Waals surface area contributed by atoms with Gasteiger partial charge in [0.05, 0.1) is 6.61 Å². The Bertz CT molecular complexity index is 685. The molecule has 22 heavy (non-hydrogen) atoms. The Morgan fingerprint density at radius 1 is 1.09 bits per heavy atom. The second-order valence-corrected chi connectivity index (χ2v) is 7.01. The predicted octanol–water partition coefficient (Wildman–Crippen LogP) is -0.669. The lowest BCUT2D eigenvalue weighted by Gasteiger charge is -2.12. The summed E-state index contributed by atoms with van der Waals surface area (Å²) in [5, 5.41) is -3.63. The van der Waals surface area contributed by atoms with Gasteiger partial charge in [0.25, 0.3) is 10.2 Å². The van der Waals surface area contributed by atoms with Gasteiger partial charge in [-0.25, -0.2) is 4.79 Å². The van der Waals surface area contributed by atoms with Crippen molar-refractivity contribution in [2.24, 2.45) is 5.92 Å². The summed E-state index contributed by atoms with van der Waals surface area (Å²) in [4.78, 5) is 33.6. The minimum Gasteiger partial charge on any atom is -0.462 e. The number of carbonyl (C=O) groups excluding carboxylic acids is 3. The first-order valence-electron chi connectivity index (χ1n) is 5.61. The van der Waals surface area contributed by atoms with E-state index in [1.165, 1.54) is 6.92 Å². The van der Waals surface area contributed by atoms with Crippen LogP contribution in [0.15, 0.2) is 12.2 Å². The van der Waals surface area contributed by atoms with Gasteiger partial charge in [-0.15, -0.1) is 0 Å². The number of carbonyl (C=O) groups is 3. The van der Waals surface area contributed by atoms with Crippen molar-refractivity contribution >= 4 is 36.4 Å². The van der Waals surface area contributed by atoms with Gasteiger partial charge in [-0.2, -0.15) is 16.8 Å². The summed E-state index contributed by atoms with van der Waals surface area (Å²) in [6.45, 7) is 4.06. The average molecular weight is 358 g/mol. The molecule has 1 unspecified atom stereocenters. The van der Waals surface area contributed by atoms with Crippen LogP contribution in [0.3, 0.4) is 0 Å². The molecule has 0 amide bonds. The second kappa shape index (κ2) is 7.58. The molecule has 12 heteroatoms. The van der Waals surface area contributed by atoms with Crippen LogP contribution < -0.4 is 0 Å². The molecule has 0 aromatic rings. The summed E-state index contributed by atoms with van der Waals surface area (Å²) in [6.07, 6.45) is -1.75. The first-order chi connectivity index (χ1) is 9.76. The molecule has 0 saturated heterocycles. The lowest BCUT2D eigenvalue weighted by Crippen LogP contribution is -2.29. The molecule has 126 valence electrons. The molecule has 0 aromatic carbocycles. The lowest BCUT2D eigenvalue weighted by molar-refractivity contribution is -0.139. The quantitative estimate of drug-likeness (QED) is 0.338. The van der Waals surface area contributed by atoms with Crippen LogP contribution in [0.25, 0.3) is 0 Å². The first-order valence-corrected chi connectivity index (χ1v) is 8.49. The van der Waals surface area contributed by atoms with Crippen LogP contribution >= 0.6 is 0 Å². The highest BCUT2D eigenvalue weighted by atomic mass is 32.2. The molecule has 2 N–H and O–H groups in total. The molecule has 10 nitrogen and oxygen atoms in total. The van der Waals surface area contributed by atoms with E-state index >= 15 is 0 Å². The van der Waals surface area contributed by atoms with Gasteiger partial charge in [0, 0.05) is 17.9 Å². The third-order valence-electron chi connectivity index (χ3n) is 2.34. The Kier molecular flexibility index (Phi) is 7.02. The van der Waals surface area contributed by atoms with Crippen molar-refractivity contribution in [2.75, 3.05) is 6.61 Å². The third-order valence-corrected chi connectivity index (χ3v) is 3.92. The number of rotatable bonds is 7. The van der Waals surface area contributed by atoms with E-state index in [2.05, 4.69) is 11.3 Å². The SMILES string of the molecule is C=C(C)C(=O)OCCC(CC(=O)S(=O)(=O)O)C(=O)S(=O)(=O)O. The van der Waals surface area contributed by atoms with Gasteiger partial charge >= 0.3 is 26.2 Å². The molecule has 0 radical (unpaired) electrons. The summed E-state index contributed by atoms with van der Waals surface area (Å²) in [5.41, 5.74) is 0.0201. The fourth-order valence-electron chi connectivity index (χ4n) is 1.24. The zero-order valence-electron chi connectivity index (χ0n) is 11.4. The highest BCUT2D eigenvalue weighted by molar-refractivity contribution is 8.01. The summed E-state index contributed by atoms with van der Waals surface area (Å²) in [6, 6.07) is 0. The second-order valence-electron chi connectivity index (χ2n) is 4.25. The zero-order valence-corrected chi connectivity index (χ0v) is 13.0. The Morgan fingerprint density at radius 2 is 1.59 bits per heavy atom. The van der Waals surface area contributed by atoms with Crippen molar-refractivity contribution in [3.63, 3.8) is 0 Å². The van der Waals surface area contributed by atoms with Crippen LogP contribution in [0.1, 0.15) is 19.8 Å². The highest BCUT2D eigenvalue weighted by Crippen LogP contribution is 2.16. The van der Waals surface area contributed by atoms with Gasteiger partial charge in [0.2, 0.25) is 0 Å². The fraction of sp³-hybridized carbons (Fsp3) is 0.500. The molecule has 0 bridgehead atoms. The van der Waals surface area contributed by atoms with Crippen LogP contribution in [0.2, 0.25) is 0 Å². The van der Waals surface area contributed by atoms with E-state index in [1.54, 1.807) is 0 Å². The van der Waals surface area contributed by atoms with E-state index in [-0.39, 0.29) is 5.57 Å². The van der Waals surface area contributed by atoms with Crippen LogP contribution in [0, 0.1) is 5.92 Å². The predicted molar refractivity (Wildman–Crippen MR) is 71.6 cm³/mol. The Balaban J connectivity index is 5.05. The smallest absolute Gasteiger partial charge is 0.333 e. The molecule has 0 spiro atoms. The molecule has 0 heterocycles. The maximum absolute atomic E-state index is 11.4. The van der Waals surface area contributed by atoms with E-state index in [1.807, 2.05) is 0 Å². The minimum atomic E-state index is -5.19. The lowest BCUT2D eigenvalue weighted by atomic mass is 10.0. The number of hydrogen-bond donors (Lipinski definition) is 2. The van der Waals surface area contributed by atoms with Crippen LogP contribution in [-0.2, 0) is 39.4 Å². The molecule has 0 aliphatic heterocycles. The summed E-state index contributed by atoms with van der Waals surface area (Å²) in [7, 11) is -10.3. The number of ether oxygens (including phenoxy) is 1. The topological polar surface area (TPSA) is 169 Å². The third kappa shape index (κ3) is 6.89. The monoisotopic (exact) mass is 358 g/mol. The Hall–Kier alpha value is -1.63. The van der Waals surface area contributed by atoms with Crippen LogP contribution in [0.5, 0.6) is 0 Å². The zero-order chi connectivity index (χ0) is 17.7. The first kappa shape index (κ1) is 20.4. The van der Waals surface area contributed by atoms with Gasteiger partial charge in [0.15, 0.2) is 0 Å². The standard InChI is InChI=1S/C10H14O10S2/c1-6(2)9(12)20-4-3-7(10(13)22(17,18)19)5-8(11)21(14,15)16/h7H,1,3-5H2,2H3,(H,14,15,16)(H,17,18,19). The van der Waals surface area contributed by atoms with Gasteiger partial charge in [-0.3, -0.25) is 18.7 Å². The van der Waals surface area contributed by atoms with E-state index in [0.717, 1.165) is 0 Å². The van der Waals surface area contributed by atoms with E-state index in [0.29, 0.717) is 0 Å². The van der Waals surface area contributed by atoms with Crippen molar-refractivity contribution in [1.82, 2.24) is 0 Å². The molecule has 0 aromatic heterocycles. The molecule has 0 aliphatic rings. The average Bonchev–Trinajstić information content (AvgIpc) is 2.33. The molecule has 0 aliphatic carbocycles. The normalized spacial score (nSPS) is 13.2. The van der Waals surface area contributed by atoms with Gasteiger partial charge < -0.3 is 4.74 Å². The van der Waals surface area contributed by atoms with Gasteiger partial charge in [0.1, 0.15) is 0 Å². The van der Waals surface area contributed by atoms with Crippen molar-refractivity contribution in [3.8, 4) is 0 Å². The molecule has 0 saturated carbocycles. The molecule has 0 fully saturated rings. The van der Waals surface area contributed by atoms with Gasteiger partial charge in [-0.05, 0) is 13.3 Å². The van der Waals surface area contributed by atoms with Crippen molar-refractivity contribution < 1.29 is 45.1 Å². The number of esters is 1. The fourth-order valence-corrected chi connectivity index (χ4v) is 2.27.